The van der Waals surface area contributed by atoms with E-state index >= 15 is 0 Å². The number of nitrogens with zero attached hydrogens (tertiary/aromatic N) is 2. The topological polar surface area (TPSA) is 87.9 Å². The second kappa shape index (κ2) is 9.39. The van der Waals surface area contributed by atoms with Crippen molar-refractivity contribution in [1.29, 1.82) is 0 Å². The summed E-state index contributed by atoms with van der Waals surface area (Å²) in [7, 11) is 0. The minimum Gasteiger partial charge on any atom is -0.377 e. The lowest BCUT2D eigenvalue weighted by Crippen LogP contribution is -2.51. The number of nitrogens with one attached hydrogen (secondary N) is 1. The molecule has 2 atom stereocenters. The van der Waals surface area contributed by atoms with Gasteiger partial charge in [0.25, 0.3) is 0 Å². The molecule has 2 unspecified atom stereocenters. The molecule has 148 valence electrons. The molecule has 3 rings (SSSR count). The number of piperazine rings is 1. The second-order valence-corrected chi connectivity index (χ2v) is 7.57. The number of amides is 3. The van der Waals surface area contributed by atoms with Crippen LogP contribution in [0.1, 0.15) is 30.9 Å². The normalized spacial score (nSPS) is 21.8. The predicted molar refractivity (Wildman–Crippen MR) is 104 cm³/mol. The molecule has 0 spiro atoms. The number of hydrogen-bond acceptors (Lipinski definition) is 4. The molecule has 2 aliphatic heterocycles. The van der Waals surface area contributed by atoms with Gasteiger partial charge in [-0.05, 0) is 30.5 Å². The number of carbonyl (C=O) groups is 2. The lowest BCUT2D eigenvalue weighted by molar-refractivity contribution is -0.133. The van der Waals surface area contributed by atoms with Crippen molar-refractivity contribution in [2.45, 2.75) is 31.4 Å². The molecule has 27 heavy (non-hydrogen) atoms. The van der Waals surface area contributed by atoms with Crippen LogP contribution in [0.5, 0.6) is 0 Å². The van der Waals surface area contributed by atoms with Gasteiger partial charge in [0.15, 0.2) is 0 Å². The van der Waals surface area contributed by atoms with Gasteiger partial charge in [-0.15, -0.1) is 0 Å². The first-order chi connectivity index (χ1) is 13.0. The van der Waals surface area contributed by atoms with Gasteiger partial charge in [-0.1, -0.05) is 23.7 Å². The summed E-state index contributed by atoms with van der Waals surface area (Å²) in [5, 5.41) is 3.27. The summed E-state index contributed by atoms with van der Waals surface area (Å²) >= 11 is 5.92. The number of halogens is 1. The number of carbonyl (C=O) groups excluding carboxylic acids is 2. The molecule has 0 aromatic heterocycles. The Morgan fingerprint density at radius 3 is 2.52 bits per heavy atom. The molecule has 3 N–H and O–H groups in total. The van der Waals surface area contributed by atoms with Crippen molar-refractivity contribution in [3.05, 3.63) is 34.9 Å². The summed E-state index contributed by atoms with van der Waals surface area (Å²) in [5.41, 5.74) is 6.10. The highest BCUT2D eigenvalue weighted by atomic mass is 35.5. The Kier molecular flexibility index (Phi) is 6.93. The molecule has 1 aromatic rings. The van der Waals surface area contributed by atoms with E-state index in [2.05, 4.69) is 10.2 Å². The molecule has 2 saturated heterocycles. The zero-order valence-corrected chi connectivity index (χ0v) is 16.2. The van der Waals surface area contributed by atoms with Gasteiger partial charge in [-0.25, -0.2) is 4.79 Å². The molecule has 2 fully saturated rings. The van der Waals surface area contributed by atoms with Crippen molar-refractivity contribution < 1.29 is 14.3 Å². The summed E-state index contributed by atoms with van der Waals surface area (Å²) in [6, 6.07) is 5.97. The van der Waals surface area contributed by atoms with Gasteiger partial charge in [0.05, 0.1) is 18.6 Å². The quantitative estimate of drug-likeness (QED) is 0.769. The molecule has 0 bridgehead atoms. The van der Waals surface area contributed by atoms with E-state index in [1.807, 2.05) is 4.90 Å². The molecule has 0 radical (unpaired) electrons. The Morgan fingerprint density at radius 2 is 1.93 bits per heavy atom. The maximum atomic E-state index is 12.7. The van der Waals surface area contributed by atoms with Crippen LogP contribution in [0, 0.1) is 0 Å². The van der Waals surface area contributed by atoms with Crippen LogP contribution in [0.15, 0.2) is 24.3 Å². The highest BCUT2D eigenvalue weighted by molar-refractivity contribution is 6.30. The maximum absolute atomic E-state index is 12.7. The highest BCUT2D eigenvalue weighted by Crippen LogP contribution is 2.21. The fourth-order valence-electron chi connectivity index (χ4n) is 3.68. The summed E-state index contributed by atoms with van der Waals surface area (Å²) in [4.78, 5) is 28.3. The molecule has 2 heterocycles. The van der Waals surface area contributed by atoms with Crippen molar-refractivity contribution in [1.82, 2.24) is 15.1 Å². The number of urea groups is 1. The first kappa shape index (κ1) is 19.9. The molecule has 2 aliphatic rings. The number of ether oxygens (including phenoxy) is 1. The van der Waals surface area contributed by atoms with Crippen LogP contribution in [0.3, 0.4) is 0 Å². The summed E-state index contributed by atoms with van der Waals surface area (Å²) in [5.74, 6) is 0.0143. The molecular formula is C19H27ClN4O3. The Labute approximate surface area is 164 Å². The van der Waals surface area contributed by atoms with E-state index in [-0.39, 0.29) is 12.3 Å². The van der Waals surface area contributed by atoms with Crippen molar-refractivity contribution in [2.24, 2.45) is 5.73 Å². The van der Waals surface area contributed by atoms with E-state index < -0.39 is 12.1 Å². The molecule has 0 saturated carbocycles. The minimum absolute atomic E-state index is 0.0143. The van der Waals surface area contributed by atoms with Crippen LogP contribution in [0.4, 0.5) is 4.79 Å². The highest BCUT2D eigenvalue weighted by Gasteiger charge is 2.27. The molecule has 0 aliphatic carbocycles. The first-order valence-electron chi connectivity index (χ1n) is 9.44. The van der Waals surface area contributed by atoms with Crippen molar-refractivity contribution >= 4 is 23.5 Å². The zero-order chi connectivity index (χ0) is 19.2. The standard InChI is InChI=1S/C19H27ClN4O3/c20-15-5-3-14(4-6-15)17(22-19(21)26)12-18(25)24-9-7-23(8-10-24)13-16-2-1-11-27-16/h3-6,16-17H,1-2,7-13H2,(H3,21,22,26). The van der Waals surface area contributed by atoms with Gasteiger partial charge in [-0.2, -0.15) is 0 Å². The maximum Gasteiger partial charge on any atom is 0.312 e. The molecule has 8 heteroatoms. The van der Waals surface area contributed by atoms with Gasteiger partial charge in [0.2, 0.25) is 5.91 Å². The van der Waals surface area contributed by atoms with Gasteiger partial charge in [0, 0.05) is 44.4 Å². The van der Waals surface area contributed by atoms with E-state index in [4.69, 9.17) is 22.1 Å². The fourth-order valence-corrected chi connectivity index (χ4v) is 3.80. The van der Waals surface area contributed by atoms with Crippen LogP contribution in [-0.2, 0) is 9.53 Å². The smallest absolute Gasteiger partial charge is 0.312 e. The average molecular weight is 395 g/mol. The molecule has 3 amide bonds. The van der Waals surface area contributed by atoms with Crippen LogP contribution in [-0.4, -0.2) is 67.2 Å². The number of nitrogens with two attached hydrogens (primary N) is 1. The van der Waals surface area contributed by atoms with E-state index in [0.717, 1.165) is 44.6 Å². The van der Waals surface area contributed by atoms with Crippen LogP contribution < -0.4 is 11.1 Å². The van der Waals surface area contributed by atoms with Gasteiger partial charge >= 0.3 is 6.03 Å². The first-order valence-corrected chi connectivity index (χ1v) is 9.82. The number of benzene rings is 1. The lowest BCUT2D eigenvalue weighted by Gasteiger charge is -2.36. The third-order valence-electron chi connectivity index (χ3n) is 5.18. The Hall–Kier alpha value is -1.83. The van der Waals surface area contributed by atoms with E-state index in [9.17, 15) is 9.59 Å². The lowest BCUT2D eigenvalue weighted by atomic mass is 10.0. The molecule has 1 aromatic carbocycles. The predicted octanol–water partition coefficient (Wildman–Crippen LogP) is 1.76. The molecule has 7 nitrogen and oxygen atoms in total. The van der Waals surface area contributed by atoms with E-state index in [1.54, 1.807) is 24.3 Å². The largest absolute Gasteiger partial charge is 0.377 e. The fraction of sp³-hybridized carbons (Fsp3) is 0.579. The minimum atomic E-state index is -0.649. The van der Waals surface area contributed by atoms with Crippen molar-refractivity contribution in [3.63, 3.8) is 0 Å². The Bertz CT molecular complexity index is 641. The number of hydrogen-bond donors (Lipinski definition) is 2. The monoisotopic (exact) mass is 394 g/mol. The third-order valence-corrected chi connectivity index (χ3v) is 5.43. The van der Waals surface area contributed by atoms with E-state index in [0.29, 0.717) is 24.2 Å². The second-order valence-electron chi connectivity index (χ2n) is 7.13. The van der Waals surface area contributed by atoms with Crippen LogP contribution in [0.25, 0.3) is 0 Å². The van der Waals surface area contributed by atoms with Crippen molar-refractivity contribution in [2.75, 3.05) is 39.3 Å². The van der Waals surface area contributed by atoms with Gasteiger partial charge in [0.1, 0.15) is 0 Å². The SMILES string of the molecule is NC(=O)NC(CC(=O)N1CCN(CC2CCCO2)CC1)c1ccc(Cl)cc1. The average Bonchev–Trinajstić information content (AvgIpc) is 3.15. The summed E-state index contributed by atoms with van der Waals surface area (Å²) < 4.78 is 5.69. The Balaban J connectivity index is 1.52. The Morgan fingerprint density at radius 1 is 1.22 bits per heavy atom. The van der Waals surface area contributed by atoms with Crippen LogP contribution >= 0.6 is 11.6 Å². The summed E-state index contributed by atoms with van der Waals surface area (Å²) in [6.07, 6.45) is 2.78. The zero-order valence-electron chi connectivity index (χ0n) is 15.4. The van der Waals surface area contributed by atoms with Crippen molar-refractivity contribution in [3.8, 4) is 0 Å². The third kappa shape index (κ3) is 5.82. The van der Waals surface area contributed by atoms with Gasteiger partial charge in [-0.3, -0.25) is 9.69 Å². The molecular weight excluding hydrogens is 368 g/mol. The van der Waals surface area contributed by atoms with E-state index in [1.165, 1.54) is 0 Å². The summed E-state index contributed by atoms with van der Waals surface area (Å²) in [6.45, 7) is 4.88. The van der Waals surface area contributed by atoms with Gasteiger partial charge < -0.3 is 20.7 Å². The number of rotatable bonds is 6. The van der Waals surface area contributed by atoms with Crippen LogP contribution in [0.2, 0.25) is 5.02 Å². The number of primary amides is 1.